The third-order valence-electron chi connectivity index (χ3n) is 3.87. The number of fused-ring (bicyclic) bond motifs is 1. The predicted molar refractivity (Wildman–Crippen MR) is 64.5 cm³/mol. The molecular formula is C13H17FN2. The van der Waals surface area contributed by atoms with E-state index in [4.69, 9.17) is 0 Å². The van der Waals surface area contributed by atoms with Gasteiger partial charge in [-0.2, -0.15) is 0 Å². The summed E-state index contributed by atoms with van der Waals surface area (Å²) in [5, 5.41) is 3.62. The van der Waals surface area contributed by atoms with E-state index in [0.717, 1.165) is 17.9 Å². The lowest BCUT2D eigenvalue weighted by atomic mass is 9.93. The first kappa shape index (κ1) is 9.94. The van der Waals surface area contributed by atoms with E-state index in [2.05, 4.69) is 17.3 Å². The van der Waals surface area contributed by atoms with Crippen LogP contribution in [0.25, 0.3) is 0 Å². The number of hydrogen-bond donors (Lipinski definition) is 1. The molecule has 1 aromatic carbocycles. The molecule has 1 aliphatic carbocycles. The second-order valence-corrected chi connectivity index (χ2v) is 5.13. The van der Waals surface area contributed by atoms with Gasteiger partial charge in [-0.3, -0.25) is 0 Å². The summed E-state index contributed by atoms with van der Waals surface area (Å²) in [5.74, 6) is -0.158. The van der Waals surface area contributed by atoms with E-state index < -0.39 is 0 Å². The molecule has 1 aromatic rings. The topological polar surface area (TPSA) is 15.3 Å². The van der Waals surface area contributed by atoms with Crippen molar-refractivity contribution in [1.29, 1.82) is 0 Å². The van der Waals surface area contributed by atoms with Gasteiger partial charge in [-0.25, -0.2) is 4.39 Å². The van der Waals surface area contributed by atoms with Gasteiger partial charge in [0.05, 0.1) is 16.9 Å². The molecule has 3 heteroatoms. The van der Waals surface area contributed by atoms with Crippen molar-refractivity contribution in [3.8, 4) is 0 Å². The second-order valence-electron chi connectivity index (χ2n) is 5.13. The lowest BCUT2D eigenvalue weighted by molar-refractivity contribution is 0.471. The molecule has 0 aromatic heterocycles. The summed E-state index contributed by atoms with van der Waals surface area (Å²) in [5.41, 5.74) is 2.30. The van der Waals surface area contributed by atoms with Gasteiger partial charge in [-0.15, -0.1) is 0 Å². The van der Waals surface area contributed by atoms with Crippen molar-refractivity contribution in [1.82, 2.24) is 0 Å². The molecule has 1 spiro atoms. The molecule has 16 heavy (non-hydrogen) atoms. The standard InChI is InChI=1S/C13H17FN2/c1-16-9-13(6-2-3-7-13)15-11-5-4-10(14)8-12(11)16/h4-5,8,15H,2-3,6-7,9H2,1H3. The number of benzene rings is 1. The van der Waals surface area contributed by atoms with Gasteiger partial charge in [0.2, 0.25) is 0 Å². The molecular weight excluding hydrogens is 203 g/mol. The van der Waals surface area contributed by atoms with Crippen LogP contribution in [0.15, 0.2) is 18.2 Å². The van der Waals surface area contributed by atoms with Gasteiger partial charge < -0.3 is 10.2 Å². The molecule has 1 heterocycles. The highest BCUT2D eigenvalue weighted by molar-refractivity contribution is 5.73. The molecule has 3 rings (SSSR count). The maximum Gasteiger partial charge on any atom is 0.125 e. The van der Waals surface area contributed by atoms with Crippen molar-refractivity contribution < 1.29 is 4.39 Å². The zero-order chi connectivity index (χ0) is 11.2. The third-order valence-corrected chi connectivity index (χ3v) is 3.87. The van der Waals surface area contributed by atoms with E-state index in [1.807, 2.05) is 6.07 Å². The molecule has 1 saturated carbocycles. The zero-order valence-electron chi connectivity index (χ0n) is 9.59. The minimum atomic E-state index is -0.158. The van der Waals surface area contributed by atoms with E-state index >= 15 is 0 Å². The molecule has 0 radical (unpaired) electrons. The maximum atomic E-state index is 13.2. The van der Waals surface area contributed by atoms with Crippen molar-refractivity contribution >= 4 is 11.4 Å². The van der Waals surface area contributed by atoms with Crippen LogP contribution < -0.4 is 10.2 Å². The van der Waals surface area contributed by atoms with E-state index in [9.17, 15) is 4.39 Å². The first-order chi connectivity index (χ1) is 7.69. The monoisotopic (exact) mass is 220 g/mol. The van der Waals surface area contributed by atoms with Crippen LogP contribution in [0, 0.1) is 5.82 Å². The van der Waals surface area contributed by atoms with Crippen LogP contribution in [0.2, 0.25) is 0 Å². The average Bonchev–Trinajstić information content (AvgIpc) is 2.68. The highest BCUT2D eigenvalue weighted by Crippen LogP contribution is 2.41. The molecule has 0 unspecified atom stereocenters. The van der Waals surface area contributed by atoms with Gasteiger partial charge >= 0.3 is 0 Å². The number of nitrogens with one attached hydrogen (secondary N) is 1. The van der Waals surface area contributed by atoms with Crippen LogP contribution in [0.5, 0.6) is 0 Å². The second kappa shape index (κ2) is 3.37. The third kappa shape index (κ3) is 1.46. The Bertz CT molecular complexity index is 410. The molecule has 0 atom stereocenters. The fraction of sp³-hybridized carbons (Fsp3) is 0.538. The molecule has 1 fully saturated rings. The quantitative estimate of drug-likeness (QED) is 0.723. The first-order valence-corrected chi connectivity index (χ1v) is 5.97. The Kier molecular flexibility index (Phi) is 2.09. The van der Waals surface area contributed by atoms with Crippen LogP contribution in [0.4, 0.5) is 15.8 Å². The Labute approximate surface area is 95.4 Å². The molecule has 86 valence electrons. The summed E-state index contributed by atoms with van der Waals surface area (Å²) in [7, 11) is 2.05. The van der Waals surface area contributed by atoms with E-state index in [-0.39, 0.29) is 11.4 Å². The first-order valence-electron chi connectivity index (χ1n) is 5.97. The van der Waals surface area contributed by atoms with Crippen LogP contribution >= 0.6 is 0 Å². The number of hydrogen-bond acceptors (Lipinski definition) is 2. The molecule has 1 aliphatic heterocycles. The SMILES string of the molecule is CN1CC2(CCCC2)Nc2ccc(F)cc21. The molecule has 1 N–H and O–H groups in total. The van der Waals surface area contributed by atoms with E-state index in [1.165, 1.54) is 31.7 Å². The summed E-state index contributed by atoms with van der Waals surface area (Å²) in [6.45, 7) is 0.990. The Morgan fingerprint density at radius 2 is 2.06 bits per heavy atom. The van der Waals surface area contributed by atoms with E-state index in [1.54, 1.807) is 6.07 Å². The van der Waals surface area contributed by atoms with Crippen molar-refractivity contribution in [3.05, 3.63) is 24.0 Å². The molecule has 0 saturated heterocycles. The van der Waals surface area contributed by atoms with Crippen LogP contribution in [-0.4, -0.2) is 19.1 Å². The lowest BCUT2D eigenvalue weighted by Crippen LogP contribution is -2.49. The summed E-state index contributed by atoms with van der Waals surface area (Å²) in [6.07, 6.45) is 5.07. The molecule has 2 nitrogen and oxygen atoms in total. The fourth-order valence-corrected chi connectivity index (χ4v) is 3.13. The highest BCUT2D eigenvalue weighted by Gasteiger charge is 2.38. The van der Waals surface area contributed by atoms with Gasteiger partial charge in [-0.1, -0.05) is 12.8 Å². The Balaban J connectivity index is 1.99. The number of nitrogens with zero attached hydrogens (tertiary/aromatic N) is 1. The fourth-order valence-electron chi connectivity index (χ4n) is 3.13. The molecule has 2 aliphatic rings. The Hall–Kier alpha value is -1.25. The highest BCUT2D eigenvalue weighted by atomic mass is 19.1. The van der Waals surface area contributed by atoms with Gasteiger partial charge in [0, 0.05) is 13.6 Å². The lowest BCUT2D eigenvalue weighted by Gasteiger charge is -2.42. The predicted octanol–water partition coefficient (Wildman–Crippen LogP) is 3.00. The minimum absolute atomic E-state index is 0.158. The van der Waals surface area contributed by atoms with Crippen molar-refractivity contribution in [2.75, 3.05) is 23.8 Å². The van der Waals surface area contributed by atoms with Crippen molar-refractivity contribution in [3.63, 3.8) is 0 Å². The number of anilines is 2. The van der Waals surface area contributed by atoms with E-state index in [0.29, 0.717) is 0 Å². The smallest absolute Gasteiger partial charge is 0.125 e. The minimum Gasteiger partial charge on any atom is -0.376 e. The summed E-state index contributed by atoms with van der Waals surface area (Å²) in [6, 6.07) is 5.01. The largest absolute Gasteiger partial charge is 0.376 e. The van der Waals surface area contributed by atoms with Crippen molar-refractivity contribution in [2.24, 2.45) is 0 Å². The maximum absolute atomic E-state index is 13.2. The normalized spacial score (nSPS) is 22.0. The number of halogens is 1. The average molecular weight is 220 g/mol. The summed E-state index contributed by atoms with van der Waals surface area (Å²) in [4.78, 5) is 2.18. The Morgan fingerprint density at radius 3 is 2.81 bits per heavy atom. The van der Waals surface area contributed by atoms with Crippen LogP contribution in [0.3, 0.4) is 0 Å². The van der Waals surface area contributed by atoms with Gasteiger partial charge in [-0.05, 0) is 31.0 Å². The van der Waals surface area contributed by atoms with Gasteiger partial charge in [0.15, 0.2) is 0 Å². The van der Waals surface area contributed by atoms with Gasteiger partial charge in [0.25, 0.3) is 0 Å². The molecule has 0 amide bonds. The summed E-state index contributed by atoms with van der Waals surface area (Å²) < 4.78 is 13.2. The van der Waals surface area contributed by atoms with Crippen LogP contribution in [-0.2, 0) is 0 Å². The van der Waals surface area contributed by atoms with Crippen molar-refractivity contribution in [2.45, 2.75) is 31.2 Å². The number of rotatable bonds is 0. The Morgan fingerprint density at radius 1 is 1.31 bits per heavy atom. The zero-order valence-corrected chi connectivity index (χ0v) is 9.59. The van der Waals surface area contributed by atoms with Crippen LogP contribution in [0.1, 0.15) is 25.7 Å². The molecule has 0 bridgehead atoms. The van der Waals surface area contributed by atoms with Gasteiger partial charge in [0.1, 0.15) is 5.82 Å². The summed E-state index contributed by atoms with van der Waals surface area (Å²) >= 11 is 0. The number of likely N-dealkylation sites (N-methyl/N-ethyl adjacent to an activating group) is 1.